The number of thioether (sulfide) groups is 1. The molecule has 31 heavy (non-hydrogen) atoms. The second-order valence-corrected chi connectivity index (χ2v) is 9.71. The number of hydrogen-bond donors (Lipinski definition) is 3. The third kappa shape index (κ3) is 5.66. The summed E-state index contributed by atoms with van der Waals surface area (Å²) >= 11 is 1.34. The average Bonchev–Trinajstić information content (AvgIpc) is 2.71. The van der Waals surface area contributed by atoms with Gasteiger partial charge in [-0.25, -0.2) is 4.39 Å². The van der Waals surface area contributed by atoms with Gasteiger partial charge in [0, 0.05) is 24.3 Å². The van der Waals surface area contributed by atoms with E-state index in [0.29, 0.717) is 13.0 Å². The molecule has 1 fully saturated rings. The predicted octanol–water partition coefficient (Wildman–Crippen LogP) is 3.76. The summed E-state index contributed by atoms with van der Waals surface area (Å²) in [6, 6.07) is 12.2. The van der Waals surface area contributed by atoms with Crippen LogP contribution in [-0.4, -0.2) is 45.9 Å². The standard InChI is InChI=1S/C24H30FNO4S/c1-14-21(28)22(29)23(30-24(14,3)4)31-19-9-8-16(10-11-26-15(2)27)20(13-19)17-6-5-7-18(25)12-17/h5-9,12-14,21-23,28-29H,10-11H2,1-4H3,(H,26,27). The second kappa shape index (κ2) is 9.69. The third-order valence-corrected chi connectivity index (χ3v) is 7.03. The van der Waals surface area contributed by atoms with Crippen LogP contribution >= 0.6 is 11.8 Å². The lowest BCUT2D eigenvalue weighted by molar-refractivity contribution is -0.203. The fourth-order valence-corrected chi connectivity index (χ4v) is 4.91. The molecule has 3 rings (SSSR count). The van der Waals surface area contributed by atoms with Crippen LogP contribution in [0.25, 0.3) is 11.1 Å². The molecular weight excluding hydrogens is 417 g/mol. The quantitative estimate of drug-likeness (QED) is 0.629. The van der Waals surface area contributed by atoms with Gasteiger partial charge < -0.3 is 20.3 Å². The number of aliphatic hydroxyl groups excluding tert-OH is 2. The topological polar surface area (TPSA) is 78.8 Å². The molecule has 4 unspecified atom stereocenters. The zero-order valence-electron chi connectivity index (χ0n) is 18.3. The van der Waals surface area contributed by atoms with E-state index < -0.39 is 23.2 Å². The van der Waals surface area contributed by atoms with Crippen LogP contribution in [0.5, 0.6) is 0 Å². The molecule has 1 heterocycles. The van der Waals surface area contributed by atoms with Crippen molar-refractivity contribution in [2.45, 2.75) is 62.3 Å². The number of aliphatic hydroxyl groups is 2. The summed E-state index contributed by atoms with van der Waals surface area (Å²) in [5.41, 5.74) is 1.35. The van der Waals surface area contributed by atoms with Crippen LogP contribution in [0.2, 0.25) is 0 Å². The summed E-state index contributed by atoms with van der Waals surface area (Å²) in [7, 11) is 0. The molecule has 4 atom stereocenters. The number of ether oxygens (including phenoxy) is 1. The van der Waals surface area contributed by atoms with Crippen molar-refractivity contribution in [3.05, 3.63) is 53.8 Å². The van der Waals surface area contributed by atoms with Gasteiger partial charge in [0.1, 0.15) is 17.4 Å². The Morgan fingerprint density at radius 3 is 2.61 bits per heavy atom. The molecular formula is C24H30FNO4S. The molecule has 0 spiro atoms. The minimum Gasteiger partial charge on any atom is -0.390 e. The zero-order valence-corrected chi connectivity index (χ0v) is 19.1. The van der Waals surface area contributed by atoms with Crippen molar-refractivity contribution in [1.82, 2.24) is 5.32 Å². The van der Waals surface area contributed by atoms with Crippen molar-refractivity contribution in [1.29, 1.82) is 0 Å². The Labute approximate surface area is 187 Å². The van der Waals surface area contributed by atoms with Gasteiger partial charge >= 0.3 is 0 Å². The van der Waals surface area contributed by atoms with E-state index in [2.05, 4.69) is 5.32 Å². The number of carbonyl (C=O) groups is 1. The molecule has 0 aliphatic carbocycles. The van der Waals surface area contributed by atoms with Crippen LogP contribution in [0.3, 0.4) is 0 Å². The molecule has 0 radical (unpaired) electrons. The lowest BCUT2D eigenvalue weighted by Gasteiger charge is -2.46. The van der Waals surface area contributed by atoms with Gasteiger partial charge in [-0.1, -0.05) is 36.9 Å². The fraction of sp³-hybridized carbons (Fsp3) is 0.458. The Morgan fingerprint density at radius 1 is 1.19 bits per heavy atom. The first-order chi connectivity index (χ1) is 14.6. The average molecular weight is 448 g/mol. The van der Waals surface area contributed by atoms with Crippen LogP contribution < -0.4 is 5.32 Å². The number of hydrogen-bond acceptors (Lipinski definition) is 5. The Morgan fingerprint density at radius 2 is 1.94 bits per heavy atom. The Balaban J connectivity index is 1.89. The van der Waals surface area contributed by atoms with Gasteiger partial charge in [-0.15, -0.1) is 0 Å². The summed E-state index contributed by atoms with van der Waals surface area (Å²) in [5.74, 6) is -0.634. The molecule has 2 aromatic rings. The van der Waals surface area contributed by atoms with Gasteiger partial charge in [-0.3, -0.25) is 4.79 Å². The summed E-state index contributed by atoms with van der Waals surface area (Å²) in [4.78, 5) is 12.1. The number of amides is 1. The maximum absolute atomic E-state index is 13.9. The molecule has 0 aromatic heterocycles. The maximum atomic E-state index is 13.9. The van der Waals surface area contributed by atoms with Gasteiger partial charge in [0.15, 0.2) is 0 Å². The highest BCUT2D eigenvalue weighted by atomic mass is 32.2. The summed E-state index contributed by atoms with van der Waals surface area (Å²) in [5, 5.41) is 23.8. The van der Waals surface area contributed by atoms with Crippen molar-refractivity contribution < 1.29 is 24.1 Å². The smallest absolute Gasteiger partial charge is 0.216 e. The highest BCUT2D eigenvalue weighted by Gasteiger charge is 2.46. The van der Waals surface area contributed by atoms with Crippen molar-refractivity contribution >= 4 is 17.7 Å². The maximum Gasteiger partial charge on any atom is 0.216 e. The number of nitrogens with one attached hydrogen (secondary N) is 1. The minimum absolute atomic E-state index is 0.0988. The molecule has 2 aromatic carbocycles. The van der Waals surface area contributed by atoms with Crippen molar-refractivity contribution in [2.24, 2.45) is 5.92 Å². The summed E-state index contributed by atoms with van der Waals surface area (Å²) in [6.07, 6.45) is -1.31. The van der Waals surface area contributed by atoms with Crippen LogP contribution in [0.15, 0.2) is 47.4 Å². The van der Waals surface area contributed by atoms with Crippen molar-refractivity contribution in [2.75, 3.05) is 6.54 Å². The molecule has 168 valence electrons. The largest absolute Gasteiger partial charge is 0.390 e. The Bertz CT molecular complexity index is 936. The number of halogens is 1. The molecule has 1 saturated heterocycles. The van der Waals surface area contributed by atoms with Gasteiger partial charge in [0.05, 0.1) is 11.7 Å². The van der Waals surface area contributed by atoms with E-state index in [1.54, 1.807) is 6.07 Å². The van der Waals surface area contributed by atoms with Crippen LogP contribution in [0, 0.1) is 11.7 Å². The molecule has 5 nitrogen and oxygen atoms in total. The van der Waals surface area contributed by atoms with Crippen molar-refractivity contribution in [3.8, 4) is 11.1 Å². The molecule has 3 N–H and O–H groups in total. The Hall–Kier alpha value is -1.93. The van der Waals surface area contributed by atoms with E-state index in [1.165, 1.54) is 30.8 Å². The van der Waals surface area contributed by atoms with Gasteiger partial charge in [-0.05, 0) is 61.2 Å². The molecule has 1 aliphatic heterocycles. The molecule has 1 aliphatic rings. The SMILES string of the molecule is CC(=O)NCCc1ccc(SC2OC(C)(C)C(C)C(O)C2O)cc1-c1cccc(F)c1. The van der Waals surface area contributed by atoms with E-state index in [4.69, 9.17) is 4.74 Å². The lowest BCUT2D eigenvalue weighted by atomic mass is 9.83. The molecule has 0 bridgehead atoms. The summed E-state index contributed by atoms with van der Waals surface area (Å²) < 4.78 is 20.0. The normalized spacial score (nSPS) is 25.3. The molecule has 0 saturated carbocycles. The second-order valence-electron chi connectivity index (χ2n) is 8.54. The van der Waals surface area contributed by atoms with Gasteiger partial charge in [-0.2, -0.15) is 0 Å². The third-order valence-electron chi connectivity index (χ3n) is 5.89. The molecule has 1 amide bonds. The number of benzene rings is 2. The van der Waals surface area contributed by atoms with E-state index in [-0.39, 0.29) is 17.6 Å². The van der Waals surface area contributed by atoms with E-state index >= 15 is 0 Å². The first-order valence-electron chi connectivity index (χ1n) is 10.4. The Kier molecular flexibility index (Phi) is 7.42. The van der Waals surface area contributed by atoms with Crippen LogP contribution in [0.4, 0.5) is 4.39 Å². The van der Waals surface area contributed by atoms with Gasteiger partial charge in [0.25, 0.3) is 0 Å². The first-order valence-corrected chi connectivity index (χ1v) is 11.3. The van der Waals surface area contributed by atoms with E-state index in [0.717, 1.165) is 21.6 Å². The zero-order chi connectivity index (χ0) is 22.8. The minimum atomic E-state index is -1.02. The van der Waals surface area contributed by atoms with Crippen LogP contribution in [0.1, 0.15) is 33.3 Å². The van der Waals surface area contributed by atoms with Gasteiger partial charge in [0.2, 0.25) is 5.91 Å². The molecule has 7 heteroatoms. The van der Waals surface area contributed by atoms with Crippen LogP contribution in [-0.2, 0) is 16.0 Å². The predicted molar refractivity (Wildman–Crippen MR) is 120 cm³/mol. The van der Waals surface area contributed by atoms with Crippen molar-refractivity contribution in [3.63, 3.8) is 0 Å². The first kappa shape index (κ1) is 23.7. The highest BCUT2D eigenvalue weighted by molar-refractivity contribution is 7.99. The highest BCUT2D eigenvalue weighted by Crippen LogP contribution is 2.41. The number of rotatable bonds is 6. The van der Waals surface area contributed by atoms with E-state index in [1.807, 2.05) is 45.0 Å². The summed E-state index contributed by atoms with van der Waals surface area (Å²) in [6.45, 7) is 7.63. The fourth-order valence-electron chi connectivity index (χ4n) is 3.72. The lowest BCUT2D eigenvalue weighted by Crippen LogP contribution is -2.56. The monoisotopic (exact) mass is 447 g/mol. The van der Waals surface area contributed by atoms with E-state index in [9.17, 15) is 19.4 Å². The number of carbonyl (C=O) groups excluding carboxylic acids is 1.